The summed E-state index contributed by atoms with van der Waals surface area (Å²) in [5.41, 5.74) is 1.72. The molecule has 1 fully saturated rings. The number of carbonyl (C=O) groups excluding carboxylic acids is 2. The normalized spacial score (nSPS) is 20.9. The maximum Gasteiger partial charge on any atom is 0.323 e. The van der Waals surface area contributed by atoms with Crippen molar-refractivity contribution in [1.29, 1.82) is 0 Å². The van der Waals surface area contributed by atoms with Crippen molar-refractivity contribution in [3.63, 3.8) is 0 Å². The Morgan fingerprint density at radius 1 is 1.18 bits per heavy atom. The van der Waals surface area contributed by atoms with Gasteiger partial charge in [-0.15, -0.1) is 0 Å². The number of likely N-dealkylation sites (tertiary alicyclic amines) is 1. The van der Waals surface area contributed by atoms with Crippen LogP contribution in [0.2, 0.25) is 0 Å². The van der Waals surface area contributed by atoms with Gasteiger partial charge in [0.15, 0.2) is 0 Å². The van der Waals surface area contributed by atoms with Gasteiger partial charge >= 0.3 is 5.97 Å². The van der Waals surface area contributed by atoms with Crippen LogP contribution in [0.15, 0.2) is 54.6 Å². The highest BCUT2D eigenvalue weighted by atomic mass is 19.1. The number of nitrogens with zero attached hydrogens (tertiary/aromatic N) is 1. The van der Waals surface area contributed by atoms with E-state index in [1.54, 1.807) is 6.07 Å². The van der Waals surface area contributed by atoms with Crippen molar-refractivity contribution in [3.8, 4) is 0 Å². The zero-order valence-electron chi connectivity index (χ0n) is 16.3. The van der Waals surface area contributed by atoms with Crippen LogP contribution >= 0.6 is 0 Å². The highest BCUT2D eigenvalue weighted by Gasteiger charge is 2.41. The Hall–Kier alpha value is -2.53. The number of carbonyl (C=O) groups is 2. The average Bonchev–Trinajstić information content (AvgIpc) is 3.11. The third-order valence-electron chi connectivity index (χ3n) is 5.34. The van der Waals surface area contributed by atoms with Gasteiger partial charge in [-0.05, 0) is 29.2 Å². The minimum absolute atomic E-state index is 0.0295. The molecular weight excluding hydrogens is 357 g/mol. The molecule has 28 heavy (non-hydrogen) atoms. The number of hydrogen-bond acceptors (Lipinski definition) is 4. The van der Waals surface area contributed by atoms with Crippen LogP contribution < -0.4 is 0 Å². The van der Waals surface area contributed by atoms with E-state index >= 15 is 0 Å². The average molecular weight is 383 g/mol. The fourth-order valence-corrected chi connectivity index (χ4v) is 3.97. The maximum absolute atomic E-state index is 13.6. The fraction of sp³-hybridized carbons (Fsp3) is 0.391. The summed E-state index contributed by atoms with van der Waals surface area (Å²) in [6, 6.07) is 15.5. The SMILES string of the molecule is CC(C)[C@H](C(=O)OCc1ccccc1)N1C[C@H](c2cccc(F)c2)[C@@H](C=O)C1. The van der Waals surface area contributed by atoms with E-state index in [1.165, 1.54) is 12.1 Å². The van der Waals surface area contributed by atoms with E-state index in [-0.39, 0.29) is 36.1 Å². The van der Waals surface area contributed by atoms with Crippen LogP contribution in [0.3, 0.4) is 0 Å². The Morgan fingerprint density at radius 3 is 2.57 bits per heavy atom. The maximum atomic E-state index is 13.6. The van der Waals surface area contributed by atoms with Gasteiger partial charge in [-0.25, -0.2) is 4.39 Å². The smallest absolute Gasteiger partial charge is 0.323 e. The fourth-order valence-electron chi connectivity index (χ4n) is 3.97. The number of ether oxygens (including phenoxy) is 1. The molecule has 1 saturated heterocycles. The van der Waals surface area contributed by atoms with Crippen LogP contribution in [-0.2, 0) is 20.9 Å². The second kappa shape index (κ2) is 9.11. The second-order valence-electron chi connectivity index (χ2n) is 7.70. The van der Waals surface area contributed by atoms with Gasteiger partial charge in [-0.2, -0.15) is 0 Å². The Kier molecular flexibility index (Phi) is 6.57. The third kappa shape index (κ3) is 4.65. The monoisotopic (exact) mass is 383 g/mol. The zero-order chi connectivity index (χ0) is 20.1. The molecule has 0 bridgehead atoms. The van der Waals surface area contributed by atoms with Gasteiger partial charge in [0.2, 0.25) is 0 Å². The van der Waals surface area contributed by atoms with E-state index in [1.807, 2.05) is 55.1 Å². The van der Waals surface area contributed by atoms with Gasteiger partial charge in [-0.3, -0.25) is 9.69 Å². The summed E-state index contributed by atoms with van der Waals surface area (Å²) in [5, 5.41) is 0. The third-order valence-corrected chi connectivity index (χ3v) is 5.34. The molecule has 1 aliphatic rings. The van der Waals surface area contributed by atoms with Crippen LogP contribution in [0.1, 0.15) is 30.9 Å². The van der Waals surface area contributed by atoms with E-state index in [4.69, 9.17) is 4.74 Å². The summed E-state index contributed by atoms with van der Waals surface area (Å²) >= 11 is 0. The van der Waals surface area contributed by atoms with Crippen molar-refractivity contribution >= 4 is 12.3 Å². The first-order valence-electron chi connectivity index (χ1n) is 9.65. The predicted molar refractivity (Wildman–Crippen MR) is 105 cm³/mol. The summed E-state index contributed by atoms with van der Waals surface area (Å²) in [5.74, 6) is -0.977. The van der Waals surface area contributed by atoms with E-state index in [2.05, 4.69) is 0 Å². The predicted octanol–water partition coefficient (Wildman–Crippen LogP) is 3.81. The minimum Gasteiger partial charge on any atom is -0.460 e. The summed E-state index contributed by atoms with van der Waals surface area (Å²) < 4.78 is 19.2. The van der Waals surface area contributed by atoms with Gasteiger partial charge in [0, 0.05) is 24.9 Å². The summed E-state index contributed by atoms with van der Waals surface area (Å²) in [6.07, 6.45) is 0.919. The Bertz CT molecular complexity index is 809. The molecule has 3 atom stereocenters. The topological polar surface area (TPSA) is 46.6 Å². The number of benzene rings is 2. The summed E-state index contributed by atoms with van der Waals surface area (Å²) in [6.45, 7) is 5.16. The van der Waals surface area contributed by atoms with E-state index < -0.39 is 6.04 Å². The lowest BCUT2D eigenvalue weighted by Crippen LogP contribution is -2.44. The van der Waals surface area contributed by atoms with E-state index in [9.17, 15) is 14.0 Å². The molecule has 0 radical (unpaired) electrons. The lowest BCUT2D eigenvalue weighted by Gasteiger charge is -2.29. The zero-order valence-corrected chi connectivity index (χ0v) is 16.3. The second-order valence-corrected chi connectivity index (χ2v) is 7.70. The minimum atomic E-state index is -0.440. The first kappa shape index (κ1) is 20.2. The summed E-state index contributed by atoms with van der Waals surface area (Å²) in [4.78, 5) is 26.5. The van der Waals surface area contributed by atoms with Crippen LogP contribution in [0.5, 0.6) is 0 Å². The van der Waals surface area contributed by atoms with Crippen LogP contribution in [-0.4, -0.2) is 36.3 Å². The van der Waals surface area contributed by atoms with Gasteiger partial charge in [0.05, 0.1) is 0 Å². The Morgan fingerprint density at radius 2 is 1.93 bits per heavy atom. The van der Waals surface area contributed by atoms with Crippen LogP contribution in [0.25, 0.3) is 0 Å². The van der Waals surface area contributed by atoms with Gasteiger partial charge in [-0.1, -0.05) is 56.3 Å². The van der Waals surface area contributed by atoms with Crippen molar-refractivity contribution in [2.24, 2.45) is 11.8 Å². The molecule has 1 aliphatic heterocycles. The van der Waals surface area contributed by atoms with Crippen molar-refractivity contribution in [3.05, 3.63) is 71.5 Å². The molecule has 2 aromatic rings. The van der Waals surface area contributed by atoms with Crippen molar-refractivity contribution in [2.45, 2.75) is 32.4 Å². The van der Waals surface area contributed by atoms with Crippen molar-refractivity contribution < 1.29 is 18.7 Å². The number of aldehydes is 1. The molecule has 0 amide bonds. The highest BCUT2D eigenvalue weighted by Crippen LogP contribution is 2.34. The van der Waals surface area contributed by atoms with E-state index in [0.29, 0.717) is 13.1 Å². The molecule has 148 valence electrons. The molecule has 0 N–H and O–H groups in total. The summed E-state index contributed by atoms with van der Waals surface area (Å²) in [7, 11) is 0. The molecule has 0 saturated carbocycles. The highest BCUT2D eigenvalue weighted by molar-refractivity contribution is 5.76. The first-order valence-corrected chi connectivity index (χ1v) is 9.65. The van der Waals surface area contributed by atoms with Gasteiger partial charge in [0.25, 0.3) is 0 Å². The van der Waals surface area contributed by atoms with Crippen molar-refractivity contribution in [2.75, 3.05) is 13.1 Å². The molecule has 1 heterocycles. The number of hydrogen-bond donors (Lipinski definition) is 0. The van der Waals surface area contributed by atoms with Crippen LogP contribution in [0.4, 0.5) is 4.39 Å². The Balaban J connectivity index is 1.73. The first-order chi connectivity index (χ1) is 13.5. The van der Waals surface area contributed by atoms with Crippen molar-refractivity contribution in [1.82, 2.24) is 4.90 Å². The molecule has 0 unspecified atom stereocenters. The number of esters is 1. The lowest BCUT2D eigenvalue weighted by molar-refractivity contribution is -0.153. The van der Waals surface area contributed by atoms with E-state index in [0.717, 1.165) is 17.4 Å². The van der Waals surface area contributed by atoms with Gasteiger partial charge in [0.1, 0.15) is 24.8 Å². The molecule has 0 aromatic heterocycles. The Labute approximate surface area is 165 Å². The lowest BCUT2D eigenvalue weighted by atomic mass is 9.90. The van der Waals surface area contributed by atoms with Gasteiger partial charge < -0.3 is 9.53 Å². The molecular formula is C23H26FNO3. The molecule has 0 spiro atoms. The quantitative estimate of drug-likeness (QED) is 0.539. The number of rotatable bonds is 7. The largest absolute Gasteiger partial charge is 0.460 e. The molecule has 2 aromatic carbocycles. The standard InChI is InChI=1S/C23H26FNO3/c1-16(2)22(23(27)28-15-17-7-4-3-5-8-17)25-12-19(14-26)21(13-25)18-9-6-10-20(24)11-18/h3-11,14,16,19,21-22H,12-13,15H2,1-2H3/t19-,21-,22-/m1/s1. The molecule has 4 nitrogen and oxygen atoms in total. The molecule has 3 rings (SSSR count). The number of halogens is 1. The molecule has 5 heteroatoms. The molecule has 0 aliphatic carbocycles. The van der Waals surface area contributed by atoms with Crippen LogP contribution in [0, 0.1) is 17.7 Å².